The summed E-state index contributed by atoms with van der Waals surface area (Å²) in [6, 6.07) is 8.69. The summed E-state index contributed by atoms with van der Waals surface area (Å²) in [7, 11) is -3.93. The molecule has 3 N–H and O–H groups in total. The van der Waals surface area contributed by atoms with E-state index in [1.54, 1.807) is 6.07 Å². The second-order valence-electron chi connectivity index (χ2n) is 4.86. The number of nitrogens with zero attached hydrogens (tertiary/aromatic N) is 1. The van der Waals surface area contributed by atoms with Crippen molar-refractivity contribution in [2.45, 2.75) is 6.92 Å². The summed E-state index contributed by atoms with van der Waals surface area (Å²) in [5.74, 6) is -0.690. The zero-order valence-electron chi connectivity index (χ0n) is 11.7. The van der Waals surface area contributed by atoms with Gasteiger partial charge in [0.15, 0.2) is 0 Å². The number of hydrogen-bond donors (Lipinski definition) is 3. The summed E-state index contributed by atoms with van der Waals surface area (Å²) in [5, 5.41) is 21.0. The topological polar surface area (TPSA) is 89.9 Å². The smallest absolute Gasteiger partial charge is 0.330 e. The zero-order valence-corrected chi connectivity index (χ0v) is 12.5. The molecule has 0 amide bonds. The van der Waals surface area contributed by atoms with Gasteiger partial charge in [-0.15, -0.1) is 0 Å². The van der Waals surface area contributed by atoms with Gasteiger partial charge in [0.2, 0.25) is 5.88 Å². The molecule has 1 aliphatic rings. The molecule has 0 spiro atoms. The molecule has 0 fully saturated rings. The van der Waals surface area contributed by atoms with Gasteiger partial charge in [0.25, 0.3) is 0 Å². The molecule has 0 saturated heterocycles. The first-order chi connectivity index (χ1) is 10.4. The highest BCUT2D eigenvalue weighted by Crippen LogP contribution is 2.35. The number of hydrogen-bond acceptors (Lipinski definition) is 4. The maximum absolute atomic E-state index is 11.9. The van der Waals surface area contributed by atoms with E-state index in [2.05, 4.69) is 0 Å². The van der Waals surface area contributed by atoms with Crippen molar-refractivity contribution in [2.75, 3.05) is 4.31 Å². The van der Waals surface area contributed by atoms with Gasteiger partial charge in [-0.1, -0.05) is 24.3 Å². The predicted octanol–water partition coefficient (Wildman–Crippen LogP) is 2.59. The molecular weight excluding hydrogens is 304 g/mol. The van der Waals surface area contributed by atoms with Crippen LogP contribution in [-0.4, -0.2) is 18.6 Å². The molecule has 0 radical (unpaired) electrons. The summed E-state index contributed by atoms with van der Waals surface area (Å²) < 4.78 is 26.6. The highest BCUT2D eigenvalue weighted by molar-refractivity contribution is 7.91. The van der Waals surface area contributed by atoms with E-state index in [1.165, 1.54) is 6.07 Å². The van der Waals surface area contributed by atoms with Gasteiger partial charge in [0.05, 0.1) is 6.20 Å². The van der Waals surface area contributed by atoms with Crippen LogP contribution in [0.25, 0.3) is 16.8 Å². The fourth-order valence-electron chi connectivity index (χ4n) is 2.35. The number of allylic oxidation sites excluding steroid dienone is 1. The summed E-state index contributed by atoms with van der Waals surface area (Å²) in [6.07, 6.45) is 4.83. The van der Waals surface area contributed by atoms with Crippen LogP contribution in [0.5, 0.6) is 5.75 Å². The van der Waals surface area contributed by atoms with Crippen LogP contribution in [-0.2, 0) is 10.2 Å². The van der Waals surface area contributed by atoms with Crippen molar-refractivity contribution in [1.82, 2.24) is 4.72 Å². The maximum atomic E-state index is 11.9. The second-order valence-corrected chi connectivity index (χ2v) is 6.41. The Bertz CT molecular complexity index is 917. The first-order valence-corrected chi connectivity index (χ1v) is 7.97. The lowest BCUT2D eigenvalue weighted by Gasteiger charge is -2.16. The summed E-state index contributed by atoms with van der Waals surface area (Å²) in [6.45, 7) is 1.91. The number of benzene rings is 2. The molecular formula is C15H14N2O4S. The Morgan fingerprint density at radius 2 is 1.91 bits per heavy atom. The number of anilines is 1. The first-order valence-electron chi connectivity index (χ1n) is 6.53. The fourth-order valence-corrected chi connectivity index (χ4v) is 3.41. The van der Waals surface area contributed by atoms with Crippen molar-refractivity contribution < 1.29 is 18.6 Å². The third-order valence-electron chi connectivity index (χ3n) is 3.29. The number of aliphatic hydroxyl groups is 1. The highest BCUT2D eigenvalue weighted by Gasteiger charge is 2.30. The van der Waals surface area contributed by atoms with E-state index in [0.717, 1.165) is 26.8 Å². The predicted molar refractivity (Wildman–Crippen MR) is 85.6 cm³/mol. The van der Waals surface area contributed by atoms with Crippen molar-refractivity contribution in [1.29, 1.82) is 0 Å². The molecule has 2 aromatic rings. The van der Waals surface area contributed by atoms with Crippen LogP contribution in [0.1, 0.15) is 12.5 Å². The third kappa shape index (κ3) is 2.35. The Labute approximate surface area is 127 Å². The van der Waals surface area contributed by atoms with E-state index in [4.69, 9.17) is 0 Å². The monoisotopic (exact) mass is 318 g/mol. The molecule has 1 aliphatic heterocycles. The van der Waals surface area contributed by atoms with Crippen LogP contribution in [0.15, 0.2) is 48.5 Å². The Morgan fingerprint density at radius 1 is 1.14 bits per heavy atom. The summed E-state index contributed by atoms with van der Waals surface area (Å²) >= 11 is 0. The van der Waals surface area contributed by atoms with Gasteiger partial charge in [-0.05, 0) is 41.5 Å². The normalized spacial score (nSPS) is 17.0. The Kier molecular flexibility index (Phi) is 3.22. The third-order valence-corrected chi connectivity index (χ3v) is 4.57. The molecule has 0 aliphatic carbocycles. The Morgan fingerprint density at radius 3 is 2.55 bits per heavy atom. The van der Waals surface area contributed by atoms with E-state index in [0.29, 0.717) is 0 Å². The Balaban J connectivity index is 2.20. The standard InChI is InChI=1S/C15H14N2O4S/c1-2-3-10-4-5-11-8-14(18)13(7-12(11)6-10)17-9-15(19)16-22(17,20)21/h2-9,16,18-19H,1H3. The molecule has 1 heterocycles. The van der Waals surface area contributed by atoms with Crippen LogP contribution < -0.4 is 9.03 Å². The van der Waals surface area contributed by atoms with Crippen molar-refractivity contribution in [2.24, 2.45) is 0 Å². The van der Waals surface area contributed by atoms with Gasteiger partial charge < -0.3 is 10.2 Å². The molecule has 0 aromatic heterocycles. The summed E-state index contributed by atoms with van der Waals surface area (Å²) in [4.78, 5) is 0. The highest BCUT2D eigenvalue weighted by atomic mass is 32.2. The van der Waals surface area contributed by atoms with E-state index in [-0.39, 0.29) is 11.4 Å². The molecule has 6 nitrogen and oxygen atoms in total. The van der Waals surface area contributed by atoms with Crippen LogP contribution in [0, 0.1) is 0 Å². The second kappa shape index (κ2) is 4.96. The van der Waals surface area contributed by atoms with Gasteiger partial charge >= 0.3 is 10.2 Å². The zero-order chi connectivity index (χ0) is 15.9. The first kappa shape index (κ1) is 14.3. The lowest BCUT2D eigenvalue weighted by Crippen LogP contribution is -2.29. The van der Waals surface area contributed by atoms with E-state index < -0.39 is 16.1 Å². The largest absolute Gasteiger partial charge is 0.506 e. The molecule has 0 bridgehead atoms. The molecule has 0 saturated carbocycles. The number of fused-ring (bicyclic) bond motifs is 1. The lowest BCUT2D eigenvalue weighted by atomic mass is 10.1. The van der Waals surface area contributed by atoms with Crippen molar-refractivity contribution >= 4 is 32.7 Å². The number of phenolic OH excluding ortho intramolecular Hbond substituents is 1. The lowest BCUT2D eigenvalue weighted by molar-refractivity contribution is 0.392. The number of aliphatic hydroxyl groups excluding tert-OH is 1. The number of phenols is 1. The van der Waals surface area contributed by atoms with E-state index >= 15 is 0 Å². The fraction of sp³-hybridized carbons (Fsp3) is 0.0667. The van der Waals surface area contributed by atoms with E-state index in [1.807, 2.05) is 42.0 Å². The number of rotatable bonds is 2. The summed E-state index contributed by atoms with van der Waals surface area (Å²) in [5.41, 5.74) is 1.04. The number of aromatic hydroxyl groups is 1. The minimum absolute atomic E-state index is 0.0710. The van der Waals surface area contributed by atoms with Crippen molar-refractivity contribution in [3.63, 3.8) is 0 Å². The van der Waals surface area contributed by atoms with Gasteiger partial charge in [-0.3, -0.25) is 0 Å². The van der Waals surface area contributed by atoms with Crippen LogP contribution >= 0.6 is 0 Å². The van der Waals surface area contributed by atoms with Gasteiger partial charge in [0.1, 0.15) is 11.4 Å². The molecule has 114 valence electrons. The average molecular weight is 318 g/mol. The molecule has 0 unspecified atom stereocenters. The van der Waals surface area contributed by atoms with E-state index in [9.17, 15) is 18.6 Å². The quantitative estimate of drug-likeness (QED) is 0.794. The van der Waals surface area contributed by atoms with Gasteiger partial charge in [0, 0.05) is 0 Å². The molecule has 3 rings (SSSR count). The van der Waals surface area contributed by atoms with Crippen molar-refractivity contribution in [3.05, 3.63) is 54.1 Å². The minimum Gasteiger partial charge on any atom is -0.506 e. The van der Waals surface area contributed by atoms with Gasteiger partial charge in [-0.25, -0.2) is 9.03 Å². The molecule has 2 aromatic carbocycles. The maximum Gasteiger partial charge on any atom is 0.330 e. The molecule has 22 heavy (non-hydrogen) atoms. The average Bonchev–Trinajstić information content (AvgIpc) is 2.71. The van der Waals surface area contributed by atoms with Crippen LogP contribution in [0.3, 0.4) is 0 Å². The number of nitrogens with one attached hydrogen (secondary N) is 1. The Hall–Kier alpha value is -2.67. The van der Waals surface area contributed by atoms with Gasteiger partial charge in [-0.2, -0.15) is 8.42 Å². The van der Waals surface area contributed by atoms with Crippen LogP contribution in [0.4, 0.5) is 5.69 Å². The van der Waals surface area contributed by atoms with Crippen LogP contribution in [0.2, 0.25) is 0 Å². The minimum atomic E-state index is -3.93. The molecule has 0 atom stereocenters. The van der Waals surface area contributed by atoms with Crippen molar-refractivity contribution in [3.8, 4) is 5.75 Å². The molecule has 7 heteroatoms. The SMILES string of the molecule is CC=Cc1ccc2cc(O)c(N3C=C(O)NS3(=O)=O)cc2c1.